The second kappa shape index (κ2) is 6.88. The average molecular weight is 253 g/mol. The molecule has 0 amide bonds. The maximum atomic E-state index is 2.74. The summed E-state index contributed by atoms with van der Waals surface area (Å²) >= 11 is 0. The Balaban J connectivity index is 1.69. The van der Waals surface area contributed by atoms with Gasteiger partial charge in [0, 0.05) is 38.8 Å². The van der Waals surface area contributed by atoms with Gasteiger partial charge < -0.3 is 9.80 Å². The van der Waals surface area contributed by atoms with Crippen molar-refractivity contribution in [2.75, 3.05) is 52.9 Å². The van der Waals surface area contributed by atoms with Gasteiger partial charge in [-0.05, 0) is 45.3 Å². The van der Waals surface area contributed by atoms with Crippen molar-refractivity contribution in [2.24, 2.45) is 5.92 Å². The Bertz CT molecular complexity index is 234. The Morgan fingerprint density at radius 3 is 2.39 bits per heavy atom. The lowest BCUT2D eigenvalue weighted by atomic mass is 10.0. The van der Waals surface area contributed by atoms with Gasteiger partial charge in [-0.1, -0.05) is 13.8 Å². The molecule has 3 nitrogen and oxygen atoms in total. The molecular weight excluding hydrogens is 222 g/mol. The van der Waals surface area contributed by atoms with Crippen LogP contribution in [0.15, 0.2) is 0 Å². The molecule has 3 heteroatoms. The summed E-state index contributed by atoms with van der Waals surface area (Å²) < 4.78 is 0. The molecule has 2 fully saturated rings. The molecule has 1 atom stereocenters. The molecule has 0 aromatic heterocycles. The second-order valence-corrected chi connectivity index (χ2v) is 6.62. The first-order valence-electron chi connectivity index (χ1n) is 7.80. The molecule has 1 unspecified atom stereocenters. The molecule has 2 aliphatic rings. The van der Waals surface area contributed by atoms with E-state index in [1.807, 2.05) is 0 Å². The first-order chi connectivity index (χ1) is 8.65. The molecule has 2 saturated heterocycles. The summed E-state index contributed by atoms with van der Waals surface area (Å²) in [6, 6.07) is 0.830. The Hall–Kier alpha value is -0.120. The highest BCUT2D eigenvalue weighted by Gasteiger charge is 2.26. The quantitative estimate of drug-likeness (QED) is 0.756. The molecular formula is C15H31N3. The van der Waals surface area contributed by atoms with Crippen LogP contribution in [0.5, 0.6) is 0 Å². The molecule has 2 rings (SSSR count). The number of rotatable bonds is 4. The minimum atomic E-state index is 0.830. The van der Waals surface area contributed by atoms with E-state index in [0.717, 1.165) is 12.0 Å². The fourth-order valence-corrected chi connectivity index (χ4v) is 3.23. The Kier molecular flexibility index (Phi) is 5.46. The van der Waals surface area contributed by atoms with Crippen LogP contribution >= 0.6 is 0 Å². The SMILES string of the molecule is CC(C)CCN1CCN(C2CCCN(C)C2)CC1. The molecule has 106 valence electrons. The molecule has 0 spiro atoms. The smallest absolute Gasteiger partial charge is 0.0224 e. The Labute approximate surface area is 113 Å². The lowest BCUT2D eigenvalue weighted by Crippen LogP contribution is -2.54. The fourth-order valence-electron chi connectivity index (χ4n) is 3.23. The van der Waals surface area contributed by atoms with Crippen LogP contribution in [0.1, 0.15) is 33.1 Å². The van der Waals surface area contributed by atoms with E-state index in [4.69, 9.17) is 0 Å². The van der Waals surface area contributed by atoms with Crippen LogP contribution in [0.2, 0.25) is 0 Å². The van der Waals surface area contributed by atoms with Gasteiger partial charge in [-0.15, -0.1) is 0 Å². The molecule has 0 aromatic rings. The lowest BCUT2D eigenvalue weighted by molar-refractivity contribution is 0.0580. The van der Waals surface area contributed by atoms with Crippen molar-refractivity contribution in [1.82, 2.24) is 14.7 Å². The lowest BCUT2D eigenvalue weighted by Gasteiger charge is -2.42. The van der Waals surface area contributed by atoms with E-state index in [2.05, 4.69) is 35.6 Å². The van der Waals surface area contributed by atoms with Gasteiger partial charge in [-0.3, -0.25) is 4.90 Å². The average Bonchev–Trinajstić information content (AvgIpc) is 2.37. The molecule has 2 heterocycles. The Morgan fingerprint density at radius 2 is 1.78 bits per heavy atom. The number of likely N-dealkylation sites (N-methyl/N-ethyl adjacent to an activating group) is 1. The maximum absolute atomic E-state index is 2.74. The van der Waals surface area contributed by atoms with Crippen molar-refractivity contribution in [3.05, 3.63) is 0 Å². The summed E-state index contributed by atoms with van der Waals surface area (Å²) in [5, 5.41) is 0. The van der Waals surface area contributed by atoms with Gasteiger partial charge in [0.2, 0.25) is 0 Å². The van der Waals surface area contributed by atoms with Gasteiger partial charge in [0.25, 0.3) is 0 Å². The summed E-state index contributed by atoms with van der Waals surface area (Å²) in [4.78, 5) is 7.89. The van der Waals surface area contributed by atoms with E-state index in [9.17, 15) is 0 Å². The van der Waals surface area contributed by atoms with Crippen molar-refractivity contribution in [3.63, 3.8) is 0 Å². The third-order valence-electron chi connectivity index (χ3n) is 4.55. The van der Waals surface area contributed by atoms with Gasteiger partial charge in [-0.2, -0.15) is 0 Å². The summed E-state index contributed by atoms with van der Waals surface area (Å²) in [5.41, 5.74) is 0. The first-order valence-corrected chi connectivity index (χ1v) is 7.80. The zero-order valence-electron chi connectivity index (χ0n) is 12.6. The number of hydrogen-bond acceptors (Lipinski definition) is 3. The number of piperidine rings is 1. The summed E-state index contributed by atoms with van der Waals surface area (Å²) in [6.45, 7) is 13.7. The van der Waals surface area contributed by atoms with E-state index < -0.39 is 0 Å². The molecule has 0 radical (unpaired) electrons. The van der Waals surface area contributed by atoms with Crippen molar-refractivity contribution in [3.8, 4) is 0 Å². The van der Waals surface area contributed by atoms with E-state index >= 15 is 0 Å². The van der Waals surface area contributed by atoms with Crippen LogP contribution in [0.25, 0.3) is 0 Å². The zero-order valence-corrected chi connectivity index (χ0v) is 12.6. The highest BCUT2D eigenvalue weighted by molar-refractivity contribution is 4.83. The van der Waals surface area contributed by atoms with Crippen LogP contribution in [-0.4, -0.2) is 73.6 Å². The molecule has 0 aromatic carbocycles. The van der Waals surface area contributed by atoms with Gasteiger partial charge in [0.05, 0.1) is 0 Å². The molecule has 0 bridgehead atoms. The summed E-state index contributed by atoms with van der Waals surface area (Å²) in [7, 11) is 2.27. The maximum Gasteiger partial charge on any atom is 0.0224 e. The molecule has 0 aliphatic carbocycles. The molecule has 18 heavy (non-hydrogen) atoms. The highest BCUT2D eigenvalue weighted by Crippen LogP contribution is 2.17. The van der Waals surface area contributed by atoms with Gasteiger partial charge in [-0.25, -0.2) is 0 Å². The van der Waals surface area contributed by atoms with E-state index in [0.29, 0.717) is 0 Å². The second-order valence-electron chi connectivity index (χ2n) is 6.62. The number of likely N-dealkylation sites (tertiary alicyclic amines) is 1. The van der Waals surface area contributed by atoms with Crippen molar-refractivity contribution >= 4 is 0 Å². The van der Waals surface area contributed by atoms with E-state index in [1.54, 1.807) is 0 Å². The summed E-state index contributed by atoms with van der Waals surface area (Å²) in [5.74, 6) is 0.843. The monoisotopic (exact) mass is 253 g/mol. The standard InChI is InChI=1S/C15H31N3/c1-14(2)6-8-17-9-11-18(12-10-17)15-5-4-7-16(3)13-15/h14-15H,4-13H2,1-3H3. The van der Waals surface area contributed by atoms with Crippen LogP contribution in [0.3, 0.4) is 0 Å². The largest absolute Gasteiger partial charge is 0.305 e. The molecule has 0 N–H and O–H groups in total. The number of hydrogen-bond donors (Lipinski definition) is 0. The van der Waals surface area contributed by atoms with Crippen LogP contribution in [0.4, 0.5) is 0 Å². The van der Waals surface area contributed by atoms with Gasteiger partial charge in [0.1, 0.15) is 0 Å². The highest BCUT2D eigenvalue weighted by atomic mass is 15.3. The minimum absolute atomic E-state index is 0.830. The van der Waals surface area contributed by atoms with Crippen LogP contribution in [-0.2, 0) is 0 Å². The first kappa shape index (κ1) is 14.3. The molecule has 2 aliphatic heterocycles. The predicted octanol–water partition coefficient (Wildman–Crippen LogP) is 1.74. The number of piperazine rings is 1. The van der Waals surface area contributed by atoms with Crippen molar-refractivity contribution < 1.29 is 0 Å². The normalized spacial score (nSPS) is 29.0. The Morgan fingerprint density at radius 1 is 1.06 bits per heavy atom. The fraction of sp³-hybridized carbons (Fsp3) is 1.00. The van der Waals surface area contributed by atoms with Crippen LogP contribution < -0.4 is 0 Å². The minimum Gasteiger partial charge on any atom is -0.305 e. The van der Waals surface area contributed by atoms with E-state index in [1.165, 1.54) is 65.1 Å². The van der Waals surface area contributed by atoms with Crippen molar-refractivity contribution in [1.29, 1.82) is 0 Å². The van der Waals surface area contributed by atoms with Gasteiger partial charge in [0.15, 0.2) is 0 Å². The third kappa shape index (κ3) is 4.22. The van der Waals surface area contributed by atoms with Crippen molar-refractivity contribution in [2.45, 2.75) is 39.2 Å². The van der Waals surface area contributed by atoms with E-state index in [-0.39, 0.29) is 0 Å². The topological polar surface area (TPSA) is 9.72 Å². The predicted molar refractivity (Wildman–Crippen MR) is 78.0 cm³/mol. The number of nitrogens with zero attached hydrogens (tertiary/aromatic N) is 3. The zero-order chi connectivity index (χ0) is 13.0. The van der Waals surface area contributed by atoms with Gasteiger partial charge >= 0.3 is 0 Å². The van der Waals surface area contributed by atoms with Crippen LogP contribution in [0, 0.1) is 5.92 Å². The molecule has 0 saturated carbocycles. The summed E-state index contributed by atoms with van der Waals surface area (Å²) in [6.07, 6.45) is 4.15. The third-order valence-corrected chi connectivity index (χ3v) is 4.55.